The molecule has 2 aromatic rings. The summed E-state index contributed by atoms with van der Waals surface area (Å²) in [6.45, 7) is 4.44. The van der Waals surface area contributed by atoms with Crippen LogP contribution in [0.2, 0.25) is 0 Å². The van der Waals surface area contributed by atoms with E-state index in [9.17, 15) is 13.2 Å². The van der Waals surface area contributed by atoms with Gasteiger partial charge in [0.2, 0.25) is 10.0 Å². The van der Waals surface area contributed by atoms with Gasteiger partial charge in [-0.2, -0.15) is 4.31 Å². The number of rotatable bonds is 4. The minimum absolute atomic E-state index is 0.0226. The SMILES string of the molecule is Cc1cccc(C(=O)Nc2ccc(S(=O)(=O)N3CCCCC3C)cc2)c1. The molecule has 138 valence electrons. The molecule has 0 saturated carbocycles. The Labute approximate surface area is 155 Å². The predicted molar refractivity (Wildman–Crippen MR) is 103 cm³/mol. The second kappa shape index (κ2) is 7.60. The van der Waals surface area contributed by atoms with Gasteiger partial charge in [0.05, 0.1) is 4.90 Å². The molecule has 0 radical (unpaired) electrons. The second-order valence-electron chi connectivity index (χ2n) is 6.81. The lowest BCUT2D eigenvalue weighted by molar-refractivity contribution is 0.102. The van der Waals surface area contributed by atoms with Gasteiger partial charge in [0.25, 0.3) is 5.91 Å². The molecule has 1 amide bonds. The van der Waals surface area contributed by atoms with Crippen LogP contribution in [0, 0.1) is 6.92 Å². The van der Waals surface area contributed by atoms with E-state index >= 15 is 0 Å². The zero-order valence-electron chi connectivity index (χ0n) is 15.1. The maximum atomic E-state index is 12.8. The minimum atomic E-state index is -3.49. The van der Waals surface area contributed by atoms with Gasteiger partial charge in [0.15, 0.2) is 0 Å². The molecule has 5 nitrogen and oxygen atoms in total. The van der Waals surface area contributed by atoms with Crippen LogP contribution in [0.15, 0.2) is 53.4 Å². The smallest absolute Gasteiger partial charge is 0.255 e. The van der Waals surface area contributed by atoms with Gasteiger partial charge in [0, 0.05) is 23.8 Å². The Morgan fingerprint density at radius 3 is 2.50 bits per heavy atom. The molecule has 1 fully saturated rings. The molecule has 1 aliphatic heterocycles. The first-order valence-electron chi connectivity index (χ1n) is 8.88. The summed E-state index contributed by atoms with van der Waals surface area (Å²) in [7, 11) is -3.49. The first-order valence-corrected chi connectivity index (χ1v) is 10.3. The molecule has 0 aliphatic carbocycles. The van der Waals surface area contributed by atoms with E-state index in [0.29, 0.717) is 17.8 Å². The van der Waals surface area contributed by atoms with Crippen molar-refractivity contribution in [1.82, 2.24) is 4.31 Å². The highest BCUT2D eigenvalue weighted by atomic mass is 32.2. The Balaban J connectivity index is 1.75. The van der Waals surface area contributed by atoms with Gasteiger partial charge >= 0.3 is 0 Å². The third-order valence-electron chi connectivity index (χ3n) is 4.74. The van der Waals surface area contributed by atoms with Crippen molar-refractivity contribution in [2.45, 2.75) is 44.0 Å². The summed E-state index contributed by atoms with van der Waals surface area (Å²) >= 11 is 0. The minimum Gasteiger partial charge on any atom is -0.322 e. The highest BCUT2D eigenvalue weighted by molar-refractivity contribution is 7.89. The van der Waals surface area contributed by atoms with Crippen molar-refractivity contribution in [3.05, 3.63) is 59.7 Å². The summed E-state index contributed by atoms with van der Waals surface area (Å²) in [5.41, 5.74) is 2.15. The van der Waals surface area contributed by atoms with E-state index in [0.717, 1.165) is 24.8 Å². The van der Waals surface area contributed by atoms with E-state index in [2.05, 4.69) is 5.32 Å². The number of nitrogens with zero attached hydrogens (tertiary/aromatic N) is 1. The van der Waals surface area contributed by atoms with E-state index in [1.54, 1.807) is 34.6 Å². The van der Waals surface area contributed by atoms with Crippen molar-refractivity contribution in [3.8, 4) is 0 Å². The second-order valence-corrected chi connectivity index (χ2v) is 8.70. The van der Waals surface area contributed by atoms with Crippen LogP contribution in [0.4, 0.5) is 5.69 Å². The Bertz CT molecular complexity index is 892. The highest BCUT2D eigenvalue weighted by Crippen LogP contribution is 2.26. The van der Waals surface area contributed by atoms with Crippen molar-refractivity contribution < 1.29 is 13.2 Å². The van der Waals surface area contributed by atoms with Gasteiger partial charge in [-0.3, -0.25) is 4.79 Å². The van der Waals surface area contributed by atoms with E-state index in [1.807, 2.05) is 32.0 Å². The Hall–Kier alpha value is -2.18. The molecule has 1 N–H and O–H groups in total. The van der Waals surface area contributed by atoms with E-state index in [4.69, 9.17) is 0 Å². The zero-order valence-corrected chi connectivity index (χ0v) is 15.9. The topological polar surface area (TPSA) is 66.5 Å². The summed E-state index contributed by atoms with van der Waals surface area (Å²) in [6, 6.07) is 13.7. The molecule has 1 heterocycles. The summed E-state index contributed by atoms with van der Waals surface area (Å²) < 4.78 is 27.2. The van der Waals surface area contributed by atoms with Gasteiger partial charge in [-0.05, 0) is 63.1 Å². The molecule has 0 aromatic heterocycles. The number of anilines is 1. The van der Waals surface area contributed by atoms with Crippen molar-refractivity contribution in [2.24, 2.45) is 0 Å². The molecule has 0 bridgehead atoms. The molecule has 1 saturated heterocycles. The standard InChI is InChI=1S/C20H24N2O3S/c1-15-6-5-8-17(14-15)20(23)21-18-9-11-19(12-10-18)26(24,25)22-13-4-3-7-16(22)2/h5-6,8-12,14,16H,3-4,7,13H2,1-2H3,(H,21,23). The predicted octanol–water partition coefficient (Wildman–Crippen LogP) is 3.81. The van der Waals surface area contributed by atoms with Crippen LogP contribution in [0.3, 0.4) is 0 Å². The summed E-state index contributed by atoms with van der Waals surface area (Å²) in [6.07, 6.45) is 2.86. The lowest BCUT2D eigenvalue weighted by Crippen LogP contribution is -2.41. The quantitative estimate of drug-likeness (QED) is 0.887. The van der Waals surface area contributed by atoms with Crippen molar-refractivity contribution in [3.63, 3.8) is 0 Å². The lowest BCUT2D eigenvalue weighted by atomic mass is 10.1. The number of amides is 1. The Kier molecular flexibility index (Phi) is 5.44. The Morgan fingerprint density at radius 1 is 1.12 bits per heavy atom. The molecule has 2 aromatic carbocycles. The molecule has 1 atom stereocenters. The largest absolute Gasteiger partial charge is 0.322 e. The van der Waals surface area contributed by atoms with E-state index < -0.39 is 10.0 Å². The van der Waals surface area contributed by atoms with Crippen LogP contribution in [0.25, 0.3) is 0 Å². The molecule has 6 heteroatoms. The van der Waals surface area contributed by atoms with Crippen LogP contribution in [0.5, 0.6) is 0 Å². The third-order valence-corrected chi connectivity index (χ3v) is 6.77. The molecule has 1 aliphatic rings. The van der Waals surface area contributed by atoms with Gasteiger partial charge in [0.1, 0.15) is 0 Å². The maximum absolute atomic E-state index is 12.8. The normalized spacial score (nSPS) is 18.5. The zero-order chi connectivity index (χ0) is 18.7. The van der Waals surface area contributed by atoms with Crippen molar-refractivity contribution in [1.29, 1.82) is 0 Å². The first kappa shape index (κ1) is 18.6. The number of piperidine rings is 1. The fraction of sp³-hybridized carbons (Fsp3) is 0.350. The van der Waals surface area contributed by atoms with E-state index in [1.165, 1.54) is 0 Å². The van der Waals surface area contributed by atoms with Crippen LogP contribution < -0.4 is 5.32 Å². The number of hydrogen-bond donors (Lipinski definition) is 1. The average Bonchev–Trinajstić information content (AvgIpc) is 2.62. The third kappa shape index (κ3) is 3.97. The number of carbonyl (C=O) groups excluding carboxylic acids is 1. The molecule has 3 rings (SSSR count). The number of hydrogen-bond acceptors (Lipinski definition) is 3. The first-order chi connectivity index (χ1) is 12.4. The monoisotopic (exact) mass is 372 g/mol. The van der Waals surface area contributed by atoms with Crippen LogP contribution in [-0.2, 0) is 10.0 Å². The molecular formula is C20H24N2O3S. The van der Waals surface area contributed by atoms with Crippen LogP contribution >= 0.6 is 0 Å². The van der Waals surface area contributed by atoms with Gasteiger partial charge in [-0.25, -0.2) is 8.42 Å². The molecule has 0 spiro atoms. The van der Waals surface area contributed by atoms with Crippen LogP contribution in [-0.4, -0.2) is 31.2 Å². The lowest BCUT2D eigenvalue weighted by Gasteiger charge is -2.32. The number of nitrogens with one attached hydrogen (secondary N) is 1. The average molecular weight is 372 g/mol. The van der Waals surface area contributed by atoms with E-state index in [-0.39, 0.29) is 16.8 Å². The Morgan fingerprint density at radius 2 is 1.85 bits per heavy atom. The maximum Gasteiger partial charge on any atom is 0.255 e. The summed E-state index contributed by atoms with van der Waals surface area (Å²) in [5.74, 6) is -0.214. The van der Waals surface area contributed by atoms with Gasteiger partial charge in [-0.15, -0.1) is 0 Å². The molecular weight excluding hydrogens is 348 g/mol. The number of sulfonamides is 1. The molecule has 1 unspecified atom stereocenters. The van der Waals surface area contributed by atoms with Crippen molar-refractivity contribution in [2.75, 3.05) is 11.9 Å². The van der Waals surface area contributed by atoms with Gasteiger partial charge in [-0.1, -0.05) is 24.1 Å². The highest BCUT2D eigenvalue weighted by Gasteiger charge is 2.30. The van der Waals surface area contributed by atoms with Crippen LogP contribution in [0.1, 0.15) is 42.1 Å². The molecule has 26 heavy (non-hydrogen) atoms. The number of carbonyl (C=O) groups is 1. The van der Waals surface area contributed by atoms with Crippen molar-refractivity contribution >= 4 is 21.6 Å². The van der Waals surface area contributed by atoms with Gasteiger partial charge < -0.3 is 5.32 Å². The fourth-order valence-corrected chi connectivity index (χ4v) is 4.96. The number of benzene rings is 2. The summed E-state index contributed by atoms with van der Waals surface area (Å²) in [4.78, 5) is 12.6. The summed E-state index contributed by atoms with van der Waals surface area (Å²) in [5, 5.41) is 2.81. The number of aryl methyl sites for hydroxylation is 1. The fourth-order valence-electron chi connectivity index (χ4n) is 3.26.